The van der Waals surface area contributed by atoms with E-state index in [1.54, 1.807) is 0 Å². The van der Waals surface area contributed by atoms with Gasteiger partial charge < -0.3 is 9.45 Å². The summed E-state index contributed by atoms with van der Waals surface area (Å²) in [4.78, 5) is 4.73. The first-order valence-corrected chi connectivity index (χ1v) is 7.82. The Morgan fingerprint density at radius 2 is 1.53 bits per heavy atom. The zero-order valence-electron chi connectivity index (χ0n) is 10.0. The molecule has 17 heavy (non-hydrogen) atoms. The molecular formula is C10H22N2NiO2S2. The van der Waals surface area contributed by atoms with Crippen LogP contribution in [0.3, 0.4) is 0 Å². The van der Waals surface area contributed by atoms with Gasteiger partial charge in [-0.3, -0.25) is 9.11 Å². The molecule has 0 aromatic carbocycles. The van der Waals surface area contributed by atoms with Gasteiger partial charge in [-0.2, -0.15) is 0 Å². The first-order valence-electron chi connectivity index (χ1n) is 5.87. The fourth-order valence-corrected chi connectivity index (χ4v) is 2.79. The van der Waals surface area contributed by atoms with Crippen molar-refractivity contribution in [3.05, 3.63) is 0 Å². The van der Waals surface area contributed by atoms with E-state index in [9.17, 15) is 8.76 Å². The van der Waals surface area contributed by atoms with Crippen molar-refractivity contribution in [1.29, 1.82) is 0 Å². The summed E-state index contributed by atoms with van der Waals surface area (Å²) in [5.41, 5.74) is 0. The predicted molar refractivity (Wildman–Crippen MR) is 70.9 cm³/mol. The third kappa shape index (κ3) is 8.57. The summed E-state index contributed by atoms with van der Waals surface area (Å²) < 4.78 is 21.0. The molecule has 0 amide bonds. The summed E-state index contributed by atoms with van der Waals surface area (Å²) in [6, 6.07) is 0. The minimum Gasteiger partial charge on any atom is -0.772 e. The van der Waals surface area contributed by atoms with Crippen LogP contribution in [0.2, 0.25) is 0 Å². The molecule has 0 aliphatic carbocycles. The maximum Gasteiger partial charge on any atom is 0.116 e. The van der Waals surface area contributed by atoms with Crippen LogP contribution in [0.15, 0.2) is 0 Å². The van der Waals surface area contributed by atoms with Crippen LogP contribution in [-0.4, -0.2) is 69.3 Å². The Morgan fingerprint density at radius 1 is 1.06 bits per heavy atom. The zero-order valence-corrected chi connectivity index (χ0v) is 12.8. The van der Waals surface area contributed by atoms with Crippen LogP contribution in [0.25, 0.3) is 0 Å². The Labute approximate surface area is 122 Å². The van der Waals surface area contributed by atoms with E-state index in [2.05, 4.69) is 22.4 Å². The molecule has 0 aromatic rings. The van der Waals surface area contributed by atoms with Crippen molar-refractivity contribution >= 4 is 23.7 Å². The van der Waals surface area contributed by atoms with Gasteiger partial charge in [0.05, 0.1) is 0 Å². The smallest absolute Gasteiger partial charge is 0.116 e. The van der Waals surface area contributed by atoms with Gasteiger partial charge in [0, 0.05) is 35.3 Å². The van der Waals surface area contributed by atoms with Crippen LogP contribution in [0, 0.1) is 0 Å². The van der Waals surface area contributed by atoms with Crippen molar-refractivity contribution in [3.63, 3.8) is 0 Å². The number of rotatable bonds is 5. The van der Waals surface area contributed by atoms with E-state index in [1.807, 2.05) is 0 Å². The maximum absolute atomic E-state index is 10.5. The van der Waals surface area contributed by atoms with Gasteiger partial charge in [0.15, 0.2) is 0 Å². The van der Waals surface area contributed by atoms with Crippen molar-refractivity contribution in [2.45, 2.75) is 12.8 Å². The summed E-state index contributed by atoms with van der Waals surface area (Å²) in [6.07, 6.45) is 2.27. The summed E-state index contributed by atoms with van der Waals surface area (Å²) >= 11 is 1.61. The summed E-state index contributed by atoms with van der Waals surface area (Å²) in [5.74, 6) is 1.30. The molecule has 1 heterocycles. The van der Waals surface area contributed by atoms with Gasteiger partial charge in [0.2, 0.25) is 0 Å². The predicted octanol–water partition coefficient (Wildman–Crippen LogP) is -0.728. The average molecular weight is 325 g/mol. The molecule has 0 radical (unpaired) electrons. The van der Waals surface area contributed by atoms with Gasteiger partial charge in [-0.15, -0.1) is 0 Å². The Bertz CT molecular complexity index is 212. The van der Waals surface area contributed by atoms with E-state index >= 15 is 0 Å². The summed E-state index contributed by atoms with van der Waals surface area (Å²) in [6.45, 7) is 6.10. The molecule has 1 rings (SSSR count). The number of hydrogen-bond donors (Lipinski definition) is 0. The molecule has 0 bridgehead atoms. The van der Waals surface area contributed by atoms with E-state index in [1.165, 1.54) is 0 Å². The largest absolute Gasteiger partial charge is 0.772 e. The van der Waals surface area contributed by atoms with E-state index in [-0.39, 0.29) is 22.2 Å². The summed E-state index contributed by atoms with van der Waals surface area (Å²) in [7, 11) is 0. The topological polar surface area (TPSA) is 46.6 Å². The molecule has 0 saturated carbocycles. The number of hydrogen-bond acceptors (Lipinski definition) is 4. The van der Waals surface area contributed by atoms with Crippen LogP contribution in [0.5, 0.6) is 0 Å². The van der Waals surface area contributed by atoms with Crippen molar-refractivity contribution in [3.8, 4) is 0 Å². The molecule has 1 aliphatic rings. The Balaban J connectivity index is 0.00000256. The minimum absolute atomic E-state index is 0. The maximum atomic E-state index is 10.5. The second-order valence-electron chi connectivity index (χ2n) is 4.15. The zero-order chi connectivity index (χ0) is 11.8. The SMILES string of the molecule is O=S([O-])CCN1CCCN(CC[SH2+])CCC1.[Ni]. The number of nitrogens with zero attached hydrogens (tertiary/aromatic N) is 2. The monoisotopic (exact) mass is 324 g/mol. The van der Waals surface area contributed by atoms with E-state index in [4.69, 9.17) is 0 Å². The van der Waals surface area contributed by atoms with Gasteiger partial charge in [-0.25, -0.2) is 0 Å². The molecule has 0 aromatic heterocycles. The molecule has 0 spiro atoms. The van der Waals surface area contributed by atoms with E-state index in [0.29, 0.717) is 6.54 Å². The van der Waals surface area contributed by atoms with Crippen molar-refractivity contribution < 1.29 is 25.3 Å². The van der Waals surface area contributed by atoms with Crippen molar-refractivity contribution in [2.24, 2.45) is 0 Å². The second kappa shape index (κ2) is 10.8. The molecule has 1 saturated heterocycles. The molecule has 1 aliphatic heterocycles. The summed E-state index contributed by atoms with van der Waals surface area (Å²) in [5, 5.41) is 0. The molecule has 0 N–H and O–H groups in total. The van der Waals surface area contributed by atoms with Crippen LogP contribution in [0.4, 0.5) is 0 Å². The van der Waals surface area contributed by atoms with Gasteiger partial charge in [0.25, 0.3) is 0 Å². The molecular weight excluding hydrogens is 303 g/mol. The first-order chi connectivity index (χ1) is 7.72. The molecule has 1 fully saturated rings. The fraction of sp³-hybridized carbons (Fsp3) is 1.00. The molecule has 1 atom stereocenters. The first kappa shape index (κ1) is 17.9. The molecule has 1 unspecified atom stereocenters. The quantitative estimate of drug-likeness (QED) is 0.380. The van der Waals surface area contributed by atoms with Crippen LogP contribution in [0.1, 0.15) is 12.8 Å². The molecule has 106 valence electrons. The van der Waals surface area contributed by atoms with Crippen LogP contribution in [-0.2, 0) is 40.2 Å². The van der Waals surface area contributed by atoms with Crippen LogP contribution < -0.4 is 0 Å². The Hall–Kier alpha value is 0.874. The third-order valence-corrected chi connectivity index (χ3v) is 3.64. The van der Waals surface area contributed by atoms with Gasteiger partial charge in [-0.05, 0) is 51.6 Å². The van der Waals surface area contributed by atoms with Gasteiger partial charge >= 0.3 is 0 Å². The average Bonchev–Trinajstić information content (AvgIpc) is 2.20. The Kier molecular flexibility index (Phi) is 11.3. The second-order valence-corrected chi connectivity index (χ2v) is 5.66. The standard InChI is InChI=1S/C10H22N2O2S2.Ni/c13-16(14)10-8-12-5-1-3-11(7-9-15)4-2-6-12;/h15H,1-10H2,(H,13,14);. The third-order valence-electron chi connectivity index (χ3n) is 2.90. The normalized spacial score (nSPS) is 21.3. The Morgan fingerprint density at radius 3 is 1.94 bits per heavy atom. The van der Waals surface area contributed by atoms with Crippen molar-refractivity contribution in [2.75, 3.05) is 50.8 Å². The van der Waals surface area contributed by atoms with Crippen molar-refractivity contribution in [1.82, 2.24) is 9.80 Å². The molecule has 4 nitrogen and oxygen atoms in total. The van der Waals surface area contributed by atoms with Gasteiger partial charge in [-0.1, -0.05) is 11.1 Å². The minimum atomic E-state index is -1.90. The van der Waals surface area contributed by atoms with E-state index < -0.39 is 11.1 Å². The fourth-order valence-electron chi connectivity index (χ4n) is 2.07. The molecule has 7 heteroatoms. The van der Waals surface area contributed by atoms with Crippen LogP contribution >= 0.6 is 0 Å². The van der Waals surface area contributed by atoms with Gasteiger partial charge in [0.1, 0.15) is 5.75 Å². The van der Waals surface area contributed by atoms with E-state index in [0.717, 1.165) is 51.3 Å².